The highest BCUT2D eigenvalue weighted by Crippen LogP contribution is 2.38. The molecule has 3 aliphatic heterocycles. The SMILES string of the molecule is O=C1CCC(N2Cc3c(CNCC4C5CCC4CNC5)cccc3C2=O)C(=O)N1. The number of rotatable bonds is 5. The molecular formula is C22H28N4O3. The van der Waals surface area contributed by atoms with Crippen molar-refractivity contribution in [1.82, 2.24) is 20.9 Å². The van der Waals surface area contributed by atoms with Crippen molar-refractivity contribution in [2.24, 2.45) is 17.8 Å². The van der Waals surface area contributed by atoms with E-state index in [1.807, 2.05) is 12.1 Å². The molecule has 1 aromatic rings. The third-order valence-corrected chi connectivity index (χ3v) is 7.31. The second-order valence-electron chi connectivity index (χ2n) is 8.89. The molecule has 3 fully saturated rings. The topological polar surface area (TPSA) is 90.5 Å². The third kappa shape index (κ3) is 3.36. The van der Waals surface area contributed by atoms with E-state index in [4.69, 9.17) is 0 Å². The maximum Gasteiger partial charge on any atom is 0.255 e. The van der Waals surface area contributed by atoms with Gasteiger partial charge in [-0.15, -0.1) is 0 Å². The van der Waals surface area contributed by atoms with Crippen LogP contribution in [0.3, 0.4) is 0 Å². The standard InChI is InChI=1S/C22H28N4O3/c27-20-7-6-19(21(28)25-20)26-12-18-13(2-1-3-16(18)22(26)29)8-24-11-17-14-4-5-15(17)10-23-9-14/h1-3,14-15,17,19,23-24H,4-12H2,(H,25,27,28). The lowest BCUT2D eigenvalue weighted by Gasteiger charge is -2.31. The predicted molar refractivity (Wildman–Crippen MR) is 107 cm³/mol. The minimum Gasteiger partial charge on any atom is -0.322 e. The van der Waals surface area contributed by atoms with Gasteiger partial charge >= 0.3 is 0 Å². The molecule has 2 bridgehead atoms. The van der Waals surface area contributed by atoms with Gasteiger partial charge in [0.25, 0.3) is 5.91 Å². The second-order valence-corrected chi connectivity index (χ2v) is 8.89. The number of benzene rings is 1. The van der Waals surface area contributed by atoms with Crippen molar-refractivity contribution in [3.8, 4) is 0 Å². The summed E-state index contributed by atoms with van der Waals surface area (Å²) in [4.78, 5) is 38.2. The summed E-state index contributed by atoms with van der Waals surface area (Å²) in [5, 5.41) is 9.55. The van der Waals surface area contributed by atoms with E-state index < -0.39 is 6.04 Å². The molecule has 5 rings (SSSR count). The number of imide groups is 1. The summed E-state index contributed by atoms with van der Waals surface area (Å²) in [5.41, 5.74) is 2.84. The molecule has 1 saturated carbocycles. The van der Waals surface area contributed by atoms with Crippen LogP contribution in [-0.2, 0) is 22.7 Å². The number of carbonyl (C=O) groups is 3. The summed E-state index contributed by atoms with van der Waals surface area (Å²) in [6.45, 7) is 4.48. The highest BCUT2D eigenvalue weighted by Gasteiger charge is 2.40. The van der Waals surface area contributed by atoms with Crippen molar-refractivity contribution in [2.75, 3.05) is 19.6 Å². The third-order valence-electron chi connectivity index (χ3n) is 7.31. The molecule has 4 aliphatic rings. The van der Waals surface area contributed by atoms with Gasteiger partial charge in [-0.3, -0.25) is 19.7 Å². The molecule has 29 heavy (non-hydrogen) atoms. The van der Waals surface area contributed by atoms with E-state index in [2.05, 4.69) is 22.0 Å². The van der Waals surface area contributed by atoms with Gasteiger partial charge in [-0.25, -0.2) is 0 Å². The van der Waals surface area contributed by atoms with Crippen LogP contribution in [0.15, 0.2) is 18.2 Å². The lowest BCUT2D eigenvalue weighted by Crippen LogP contribution is -2.52. The van der Waals surface area contributed by atoms with Crippen LogP contribution in [0, 0.1) is 17.8 Å². The van der Waals surface area contributed by atoms with Crippen LogP contribution in [0.4, 0.5) is 0 Å². The molecular weight excluding hydrogens is 368 g/mol. The Hall–Kier alpha value is -2.25. The van der Waals surface area contributed by atoms with Crippen LogP contribution in [0.25, 0.3) is 0 Å². The van der Waals surface area contributed by atoms with Gasteiger partial charge in [0, 0.05) is 25.1 Å². The zero-order valence-corrected chi connectivity index (χ0v) is 16.6. The van der Waals surface area contributed by atoms with Gasteiger partial charge in [0.05, 0.1) is 0 Å². The number of fused-ring (bicyclic) bond motifs is 3. The molecule has 1 aliphatic carbocycles. The minimum atomic E-state index is -0.557. The molecule has 154 valence electrons. The van der Waals surface area contributed by atoms with Crippen LogP contribution >= 0.6 is 0 Å². The molecule has 0 radical (unpaired) electrons. The van der Waals surface area contributed by atoms with Crippen LogP contribution in [0.2, 0.25) is 0 Å². The average molecular weight is 396 g/mol. The van der Waals surface area contributed by atoms with Gasteiger partial charge in [-0.1, -0.05) is 12.1 Å². The molecule has 3 unspecified atom stereocenters. The summed E-state index contributed by atoms with van der Waals surface area (Å²) < 4.78 is 0. The van der Waals surface area contributed by atoms with Gasteiger partial charge in [-0.05, 0) is 73.8 Å². The highest BCUT2D eigenvalue weighted by atomic mass is 16.2. The molecule has 0 spiro atoms. The summed E-state index contributed by atoms with van der Waals surface area (Å²) in [5.74, 6) is 1.60. The predicted octanol–water partition coefficient (Wildman–Crippen LogP) is 0.783. The monoisotopic (exact) mass is 396 g/mol. The Balaban J connectivity index is 1.26. The van der Waals surface area contributed by atoms with Crippen LogP contribution in [0.5, 0.6) is 0 Å². The number of nitrogens with zero attached hydrogens (tertiary/aromatic N) is 1. The van der Waals surface area contributed by atoms with Gasteiger partial charge in [0.15, 0.2) is 0 Å². The fourth-order valence-electron chi connectivity index (χ4n) is 5.72. The Morgan fingerprint density at radius 2 is 1.86 bits per heavy atom. The van der Waals surface area contributed by atoms with E-state index in [0.717, 1.165) is 55.1 Å². The normalized spacial score (nSPS) is 31.2. The van der Waals surface area contributed by atoms with Crippen molar-refractivity contribution >= 4 is 17.7 Å². The fraction of sp³-hybridized carbons (Fsp3) is 0.591. The number of hydrogen-bond acceptors (Lipinski definition) is 5. The second kappa shape index (κ2) is 7.54. The maximum absolute atomic E-state index is 12.9. The van der Waals surface area contributed by atoms with Crippen molar-refractivity contribution in [1.29, 1.82) is 0 Å². The van der Waals surface area contributed by atoms with Gasteiger partial charge in [0.1, 0.15) is 6.04 Å². The zero-order chi connectivity index (χ0) is 20.0. The first-order chi connectivity index (χ1) is 14.1. The van der Waals surface area contributed by atoms with Gasteiger partial charge < -0.3 is 15.5 Å². The Kier molecular flexibility index (Phi) is 4.87. The summed E-state index contributed by atoms with van der Waals surface area (Å²) in [6.07, 6.45) is 3.35. The van der Waals surface area contributed by atoms with E-state index >= 15 is 0 Å². The molecule has 1 aromatic carbocycles. The first kappa shape index (κ1) is 18.8. The Morgan fingerprint density at radius 3 is 2.62 bits per heavy atom. The molecule has 0 aromatic heterocycles. The Morgan fingerprint density at radius 1 is 1.07 bits per heavy atom. The van der Waals surface area contributed by atoms with Crippen molar-refractivity contribution in [3.63, 3.8) is 0 Å². The Labute approximate surface area is 170 Å². The molecule has 7 nitrogen and oxygen atoms in total. The average Bonchev–Trinajstić information content (AvgIpc) is 3.14. The lowest BCUT2D eigenvalue weighted by molar-refractivity contribution is -0.136. The smallest absolute Gasteiger partial charge is 0.255 e. The van der Waals surface area contributed by atoms with Crippen molar-refractivity contribution < 1.29 is 14.4 Å². The highest BCUT2D eigenvalue weighted by molar-refractivity contribution is 6.05. The maximum atomic E-state index is 12.9. The Bertz CT molecular complexity index is 838. The summed E-state index contributed by atoms with van der Waals surface area (Å²) in [7, 11) is 0. The van der Waals surface area contributed by atoms with E-state index in [0.29, 0.717) is 18.5 Å². The molecule has 3 heterocycles. The van der Waals surface area contributed by atoms with E-state index in [1.165, 1.54) is 12.8 Å². The van der Waals surface area contributed by atoms with Crippen molar-refractivity contribution in [2.45, 2.75) is 44.8 Å². The fourth-order valence-corrected chi connectivity index (χ4v) is 5.72. The van der Waals surface area contributed by atoms with E-state index in [-0.39, 0.29) is 24.1 Å². The van der Waals surface area contributed by atoms with E-state index in [9.17, 15) is 14.4 Å². The van der Waals surface area contributed by atoms with Gasteiger partial charge in [-0.2, -0.15) is 0 Å². The molecule has 2 saturated heterocycles. The lowest BCUT2D eigenvalue weighted by atomic mass is 9.86. The number of hydrogen-bond donors (Lipinski definition) is 3. The van der Waals surface area contributed by atoms with Crippen molar-refractivity contribution in [3.05, 3.63) is 34.9 Å². The van der Waals surface area contributed by atoms with E-state index in [1.54, 1.807) is 4.90 Å². The van der Waals surface area contributed by atoms with Crippen LogP contribution in [-0.4, -0.2) is 48.3 Å². The summed E-state index contributed by atoms with van der Waals surface area (Å²) >= 11 is 0. The number of carbonyl (C=O) groups excluding carboxylic acids is 3. The van der Waals surface area contributed by atoms with Gasteiger partial charge in [0.2, 0.25) is 11.8 Å². The quantitative estimate of drug-likeness (QED) is 0.640. The number of piperidine rings is 2. The number of nitrogens with one attached hydrogen (secondary N) is 3. The molecule has 3 N–H and O–H groups in total. The first-order valence-electron chi connectivity index (χ1n) is 10.8. The van der Waals surface area contributed by atoms with Crippen LogP contribution in [0.1, 0.15) is 47.2 Å². The first-order valence-corrected chi connectivity index (χ1v) is 10.8. The zero-order valence-electron chi connectivity index (χ0n) is 16.6. The summed E-state index contributed by atoms with van der Waals surface area (Å²) in [6, 6.07) is 5.29. The molecule has 3 atom stereocenters. The largest absolute Gasteiger partial charge is 0.322 e. The minimum absolute atomic E-state index is 0.104. The molecule has 3 amide bonds. The molecule has 7 heteroatoms. The van der Waals surface area contributed by atoms with Crippen LogP contribution < -0.4 is 16.0 Å². The number of amides is 3.